The summed E-state index contributed by atoms with van der Waals surface area (Å²) in [6.45, 7) is 2.83. The van der Waals surface area contributed by atoms with Crippen molar-refractivity contribution in [3.8, 4) is 0 Å². The minimum Gasteiger partial charge on any atom is -0.333 e. The van der Waals surface area contributed by atoms with E-state index in [2.05, 4.69) is 5.32 Å². The van der Waals surface area contributed by atoms with Crippen LogP contribution in [0.4, 0.5) is 5.69 Å². The number of hydrogen-bond acceptors (Lipinski definition) is 2. The minimum atomic E-state index is -0.129. The second kappa shape index (κ2) is 5.67. The van der Waals surface area contributed by atoms with Gasteiger partial charge in [-0.2, -0.15) is 0 Å². The van der Waals surface area contributed by atoms with Crippen LogP contribution in [-0.4, -0.2) is 29.8 Å². The van der Waals surface area contributed by atoms with Gasteiger partial charge in [0.25, 0.3) is 0 Å². The molecule has 1 aliphatic heterocycles. The smallest absolute Gasteiger partial charge is 0.243 e. The van der Waals surface area contributed by atoms with Crippen molar-refractivity contribution in [1.82, 2.24) is 4.90 Å². The van der Waals surface area contributed by atoms with Gasteiger partial charge in [0.05, 0.1) is 6.54 Å². The first kappa shape index (κ1) is 12.6. The second-order valence-electron chi connectivity index (χ2n) is 4.69. The SMILES string of the molecule is Cc1cccc(NC(=O)CN2CCCCC2=O)c1. The molecule has 0 atom stereocenters. The molecule has 0 unspecified atom stereocenters. The molecule has 18 heavy (non-hydrogen) atoms. The maximum atomic E-state index is 11.8. The number of aryl methyl sites for hydroxylation is 1. The number of benzene rings is 1. The lowest BCUT2D eigenvalue weighted by atomic mass is 10.1. The minimum absolute atomic E-state index is 0.0839. The Morgan fingerprint density at radius 3 is 2.94 bits per heavy atom. The van der Waals surface area contributed by atoms with Gasteiger partial charge in [-0.05, 0) is 37.5 Å². The van der Waals surface area contributed by atoms with Crippen molar-refractivity contribution in [2.75, 3.05) is 18.4 Å². The summed E-state index contributed by atoms with van der Waals surface area (Å²) >= 11 is 0. The van der Waals surface area contributed by atoms with E-state index in [9.17, 15) is 9.59 Å². The monoisotopic (exact) mass is 246 g/mol. The van der Waals surface area contributed by atoms with Crippen molar-refractivity contribution >= 4 is 17.5 Å². The molecule has 1 aromatic carbocycles. The van der Waals surface area contributed by atoms with E-state index < -0.39 is 0 Å². The lowest BCUT2D eigenvalue weighted by Gasteiger charge is -2.25. The van der Waals surface area contributed by atoms with Gasteiger partial charge < -0.3 is 10.2 Å². The average molecular weight is 246 g/mol. The third kappa shape index (κ3) is 3.32. The van der Waals surface area contributed by atoms with E-state index in [-0.39, 0.29) is 18.4 Å². The number of piperidine rings is 1. The zero-order valence-electron chi connectivity index (χ0n) is 10.6. The van der Waals surface area contributed by atoms with Gasteiger partial charge in [0.1, 0.15) is 0 Å². The summed E-state index contributed by atoms with van der Waals surface area (Å²) in [5, 5.41) is 2.82. The van der Waals surface area contributed by atoms with E-state index in [0.717, 1.165) is 24.1 Å². The summed E-state index contributed by atoms with van der Waals surface area (Å²) in [7, 11) is 0. The highest BCUT2D eigenvalue weighted by atomic mass is 16.2. The van der Waals surface area contributed by atoms with Crippen molar-refractivity contribution in [2.45, 2.75) is 26.2 Å². The number of anilines is 1. The van der Waals surface area contributed by atoms with E-state index >= 15 is 0 Å². The van der Waals surface area contributed by atoms with Gasteiger partial charge in [-0.1, -0.05) is 12.1 Å². The predicted octanol–water partition coefficient (Wildman–Crippen LogP) is 1.95. The van der Waals surface area contributed by atoms with Gasteiger partial charge in [-0.3, -0.25) is 9.59 Å². The van der Waals surface area contributed by atoms with Gasteiger partial charge in [-0.25, -0.2) is 0 Å². The molecule has 0 aliphatic carbocycles. The lowest BCUT2D eigenvalue weighted by molar-refractivity contribution is -0.136. The molecule has 1 N–H and O–H groups in total. The standard InChI is InChI=1S/C14H18N2O2/c1-11-5-4-6-12(9-11)15-13(17)10-16-8-3-2-7-14(16)18/h4-6,9H,2-3,7-8,10H2,1H3,(H,15,17). The van der Waals surface area contributed by atoms with Gasteiger partial charge in [0.15, 0.2) is 0 Å². The molecule has 0 saturated carbocycles. The zero-order valence-corrected chi connectivity index (χ0v) is 10.6. The van der Waals surface area contributed by atoms with E-state index in [1.165, 1.54) is 0 Å². The molecule has 0 radical (unpaired) electrons. The normalized spacial score (nSPS) is 15.6. The molecule has 0 bridgehead atoms. The van der Waals surface area contributed by atoms with Crippen LogP contribution >= 0.6 is 0 Å². The first-order valence-corrected chi connectivity index (χ1v) is 6.29. The largest absolute Gasteiger partial charge is 0.333 e. The third-order valence-electron chi connectivity index (χ3n) is 3.06. The molecular weight excluding hydrogens is 228 g/mol. The van der Waals surface area contributed by atoms with Gasteiger partial charge in [0.2, 0.25) is 11.8 Å². The summed E-state index contributed by atoms with van der Waals surface area (Å²) in [6, 6.07) is 7.64. The average Bonchev–Trinajstić information content (AvgIpc) is 2.32. The number of hydrogen-bond donors (Lipinski definition) is 1. The van der Waals surface area contributed by atoms with Crippen molar-refractivity contribution in [3.05, 3.63) is 29.8 Å². The Balaban J connectivity index is 1.90. The van der Waals surface area contributed by atoms with Crippen LogP contribution < -0.4 is 5.32 Å². The second-order valence-corrected chi connectivity index (χ2v) is 4.69. The molecule has 0 aromatic heterocycles. The fraction of sp³-hybridized carbons (Fsp3) is 0.429. The maximum Gasteiger partial charge on any atom is 0.243 e. The maximum absolute atomic E-state index is 11.8. The molecule has 96 valence electrons. The molecular formula is C14H18N2O2. The van der Waals surface area contributed by atoms with E-state index in [4.69, 9.17) is 0 Å². The van der Waals surface area contributed by atoms with Gasteiger partial charge >= 0.3 is 0 Å². The van der Waals surface area contributed by atoms with Crippen molar-refractivity contribution in [2.24, 2.45) is 0 Å². The molecule has 1 heterocycles. The van der Waals surface area contributed by atoms with Crippen LogP contribution in [-0.2, 0) is 9.59 Å². The molecule has 1 aliphatic rings. The summed E-state index contributed by atoms with van der Waals surface area (Å²) in [5.41, 5.74) is 1.88. The van der Waals surface area contributed by atoms with E-state index in [1.54, 1.807) is 4.90 Å². The Labute approximate surface area is 107 Å². The van der Waals surface area contributed by atoms with Crippen LogP contribution in [0.2, 0.25) is 0 Å². The number of carbonyl (C=O) groups is 2. The summed E-state index contributed by atoms with van der Waals surface area (Å²) in [4.78, 5) is 25.0. The first-order chi connectivity index (χ1) is 8.65. The van der Waals surface area contributed by atoms with Crippen LogP contribution in [0.25, 0.3) is 0 Å². The first-order valence-electron chi connectivity index (χ1n) is 6.29. The quantitative estimate of drug-likeness (QED) is 0.886. The highest BCUT2D eigenvalue weighted by Gasteiger charge is 2.20. The van der Waals surface area contributed by atoms with Gasteiger partial charge in [0, 0.05) is 18.7 Å². The lowest BCUT2D eigenvalue weighted by Crippen LogP contribution is -2.40. The molecule has 4 nitrogen and oxygen atoms in total. The molecule has 1 fully saturated rings. The van der Waals surface area contributed by atoms with Crippen molar-refractivity contribution in [1.29, 1.82) is 0 Å². The molecule has 1 saturated heterocycles. The molecule has 2 amide bonds. The van der Waals surface area contributed by atoms with Crippen molar-refractivity contribution in [3.63, 3.8) is 0 Å². The van der Waals surface area contributed by atoms with E-state index in [0.29, 0.717) is 13.0 Å². The summed E-state index contributed by atoms with van der Waals surface area (Å²) in [6.07, 6.45) is 2.50. The third-order valence-corrected chi connectivity index (χ3v) is 3.06. The summed E-state index contributed by atoms with van der Waals surface area (Å²) < 4.78 is 0. The topological polar surface area (TPSA) is 49.4 Å². The van der Waals surface area contributed by atoms with Crippen LogP contribution in [0.15, 0.2) is 24.3 Å². The Hall–Kier alpha value is -1.84. The molecule has 4 heteroatoms. The molecule has 2 rings (SSSR count). The Morgan fingerprint density at radius 2 is 2.22 bits per heavy atom. The number of carbonyl (C=O) groups excluding carboxylic acids is 2. The van der Waals surface area contributed by atoms with Crippen LogP contribution in [0.3, 0.4) is 0 Å². The van der Waals surface area contributed by atoms with Crippen molar-refractivity contribution < 1.29 is 9.59 Å². The van der Waals surface area contributed by atoms with Crippen LogP contribution in [0.5, 0.6) is 0 Å². The molecule has 0 spiro atoms. The number of nitrogens with one attached hydrogen (secondary N) is 1. The number of likely N-dealkylation sites (tertiary alicyclic amines) is 1. The van der Waals surface area contributed by atoms with Gasteiger partial charge in [-0.15, -0.1) is 0 Å². The fourth-order valence-electron chi connectivity index (χ4n) is 2.13. The predicted molar refractivity (Wildman–Crippen MR) is 70.2 cm³/mol. The highest BCUT2D eigenvalue weighted by Crippen LogP contribution is 2.12. The van der Waals surface area contributed by atoms with Crippen LogP contribution in [0, 0.1) is 6.92 Å². The Bertz CT molecular complexity index is 457. The number of nitrogens with zero attached hydrogens (tertiary/aromatic N) is 1. The molecule has 1 aromatic rings. The highest BCUT2D eigenvalue weighted by molar-refractivity contribution is 5.94. The summed E-state index contributed by atoms with van der Waals surface area (Å²) in [5.74, 6) is -0.0449. The number of rotatable bonds is 3. The Kier molecular flexibility index (Phi) is 3.97. The Morgan fingerprint density at radius 1 is 1.39 bits per heavy atom. The zero-order chi connectivity index (χ0) is 13.0. The fourth-order valence-corrected chi connectivity index (χ4v) is 2.13. The number of amides is 2. The van der Waals surface area contributed by atoms with E-state index in [1.807, 2.05) is 31.2 Å². The van der Waals surface area contributed by atoms with Crippen LogP contribution in [0.1, 0.15) is 24.8 Å².